The first-order chi connectivity index (χ1) is 42.2. The molecule has 0 atom stereocenters. The molecule has 0 amide bonds. The van der Waals surface area contributed by atoms with Crippen molar-refractivity contribution in [2.75, 3.05) is 16.8 Å². The Morgan fingerprint density at radius 2 is 0.698 bits per heavy atom. The summed E-state index contributed by atoms with van der Waals surface area (Å²) in [5.74, 6) is 0. The van der Waals surface area contributed by atoms with Crippen LogP contribution in [0.3, 0.4) is 0 Å². The number of nitrogens with zero attached hydrogens (tertiary/aromatic N) is 2. The Kier molecular flexibility index (Phi) is 18.3. The van der Waals surface area contributed by atoms with E-state index in [1.54, 1.807) is 5.56 Å². The Hall–Kier alpha value is -7.42. The van der Waals surface area contributed by atoms with Gasteiger partial charge in [-0.15, -0.1) is 0 Å². The summed E-state index contributed by atoms with van der Waals surface area (Å²) in [5.41, 5.74) is 30.0. The summed E-state index contributed by atoms with van der Waals surface area (Å²) in [5, 5.41) is 0. The van der Waals surface area contributed by atoms with Gasteiger partial charge in [0.1, 0.15) is 0 Å². The summed E-state index contributed by atoms with van der Waals surface area (Å²) in [4.78, 5) is 4.85. The van der Waals surface area contributed by atoms with Gasteiger partial charge in [0.15, 0.2) is 0 Å². The molecule has 12 rings (SSSR count). The van der Waals surface area contributed by atoms with E-state index < -0.39 is 0 Å². The third-order valence-corrected chi connectivity index (χ3v) is 20.4. The molecule has 0 radical (unpaired) electrons. The molecule has 0 heterocycles. The van der Waals surface area contributed by atoms with Crippen molar-refractivity contribution in [3.8, 4) is 55.6 Å². The first-order valence-corrected chi connectivity index (χ1v) is 33.8. The van der Waals surface area contributed by atoms with Gasteiger partial charge in [-0.2, -0.15) is 0 Å². The molecule has 0 fully saturated rings. The minimum atomic E-state index is -0.0553. The van der Waals surface area contributed by atoms with Gasteiger partial charge in [-0.1, -0.05) is 257 Å². The van der Waals surface area contributed by atoms with Gasteiger partial charge in [0.05, 0.1) is 0 Å². The highest BCUT2D eigenvalue weighted by molar-refractivity contribution is 5.89. The first kappa shape index (κ1) is 58.9. The van der Waals surface area contributed by atoms with Crippen molar-refractivity contribution in [2.24, 2.45) is 0 Å². The number of anilines is 5. The number of benzene rings is 9. The number of hydrogen-bond donors (Lipinski definition) is 0. The van der Waals surface area contributed by atoms with Crippen LogP contribution in [0.2, 0.25) is 0 Å². The van der Waals surface area contributed by atoms with Crippen LogP contribution in [-0.4, -0.2) is 7.05 Å². The van der Waals surface area contributed by atoms with Gasteiger partial charge in [-0.05, 0) is 207 Å². The molecule has 3 aliphatic rings. The number of aryl methyl sites for hydroxylation is 3. The van der Waals surface area contributed by atoms with Crippen molar-refractivity contribution >= 4 is 28.4 Å². The van der Waals surface area contributed by atoms with Crippen molar-refractivity contribution in [1.29, 1.82) is 0 Å². The molecule has 9 aromatic carbocycles. The van der Waals surface area contributed by atoms with Crippen LogP contribution >= 0.6 is 0 Å². The predicted octanol–water partition coefficient (Wildman–Crippen LogP) is 24.7. The fourth-order valence-corrected chi connectivity index (χ4v) is 15.5. The SMILES string of the molecule is CCCCCCC1(CCCCCC)c2cc(-c3ccc(N(C)c4ccccc4)cc3)ccc2-c2ccc(-c3ccc(N(c4cccc(-c5ccc6c(c5)CC6)c4)c4ccc5c(c4)C(CCCCCC)(CCCCCC)c4cc(C)ccc4-5)cc3)cc21. The fraction of sp³-hybridized carbons (Fsp3) is 0.357. The molecule has 0 aromatic heterocycles. The van der Waals surface area contributed by atoms with E-state index in [1.165, 1.54) is 259 Å². The number of fused-ring (bicyclic) bond motifs is 7. The van der Waals surface area contributed by atoms with E-state index in [9.17, 15) is 0 Å². The van der Waals surface area contributed by atoms with Gasteiger partial charge >= 0.3 is 0 Å². The molecule has 0 saturated carbocycles. The van der Waals surface area contributed by atoms with Gasteiger partial charge in [0, 0.05) is 46.3 Å². The summed E-state index contributed by atoms with van der Waals surface area (Å²) in [6.07, 6.45) is 27.4. The molecule has 3 aliphatic carbocycles. The van der Waals surface area contributed by atoms with E-state index in [0.717, 1.165) is 0 Å². The second kappa shape index (κ2) is 26.7. The molecule has 2 nitrogen and oxygen atoms in total. The van der Waals surface area contributed by atoms with Crippen LogP contribution < -0.4 is 9.80 Å². The molecule has 0 spiro atoms. The van der Waals surface area contributed by atoms with Crippen molar-refractivity contribution < 1.29 is 0 Å². The maximum atomic E-state index is 2.64. The van der Waals surface area contributed by atoms with Crippen LogP contribution in [0, 0.1) is 6.92 Å². The van der Waals surface area contributed by atoms with Crippen LogP contribution in [0.5, 0.6) is 0 Å². The average molecular weight is 1130 g/mol. The summed E-state index contributed by atoms with van der Waals surface area (Å²) in [7, 11) is 2.16. The van der Waals surface area contributed by atoms with Crippen molar-refractivity contribution in [1.82, 2.24) is 0 Å². The molecule has 0 bridgehead atoms. The average Bonchev–Trinajstić information content (AvgIpc) is 1.63. The normalized spacial score (nSPS) is 13.8. The molecular formula is C84H94N2. The van der Waals surface area contributed by atoms with E-state index in [4.69, 9.17) is 0 Å². The van der Waals surface area contributed by atoms with Crippen LogP contribution in [-0.2, 0) is 23.7 Å². The van der Waals surface area contributed by atoms with Crippen LogP contribution in [0.25, 0.3) is 55.6 Å². The first-order valence-electron chi connectivity index (χ1n) is 33.8. The standard InChI is InChI=1S/C84H94N2/c1-7-11-15-22-51-83(52-23-16-12-8-2)79-55-61(5)31-47-75(79)78-50-46-74(60-82(78)83)86(73-30-26-27-65(57-73)67-35-33-62-32-34-66(62)56-67)72-44-38-64(39-45-72)69-41-49-77-76-48-40-68(63-36-42-71(43-37-63)85(6)70-28-20-19-21-29-70)58-80(76)84(81(77)59-69,53-24-17-13-9-3)54-25-18-14-10-4/h19-21,26-31,33,35-50,55-60H,7-18,22-25,32,34,51-54H2,1-6H3. The lowest BCUT2D eigenvalue weighted by Crippen LogP contribution is -2.26. The molecule has 440 valence electrons. The molecule has 0 N–H and O–H groups in total. The highest BCUT2D eigenvalue weighted by Gasteiger charge is 2.44. The van der Waals surface area contributed by atoms with E-state index in [0.29, 0.717) is 0 Å². The minimum Gasteiger partial charge on any atom is -0.345 e. The summed E-state index contributed by atoms with van der Waals surface area (Å²) < 4.78 is 0. The van der Waals surface area contributed by atoms with E-state index >= 15 is 0 Å². The van der Waals surface area contributed by atoms with Crippen molar-refractivity contribution in [3.05, 3.63) is 233 Å². The largest absolute Gasteiger partial charge is 0.345 e. The maximum Gasteiger partial charge on any atom is 0.0467 e. The van der Waals surface area contributed by atoms with Crippen LogP contribution in [0.1, 0.15) is 195 Å². The smallest absolute Gasteiger partial charge is 0.0467 e. The van der Waals surface area contributed by atoms with Gasteiger partial charge in [0.2, 0.25) is 0 Å². The lowest BCUT2D eigenvalue weighted by molar-refractivity contribution is 0.401. The maximum absolute atomic E-state index is 2.64. The minimum absolute atomic E-state index is 0.0149. The fourth-order valence-electron chi connectivity index (χ4n) is 15.5. The monoisotopic (exact) mass is 1130 g/mol. The molecule has 2 heteroatoms. The topological polar surface area (TPSA) is 6.48 Å². The molecule has 9 aromatic rings. The zero-order valence-corrected chi connectivity index (χ0v) is 52.9. The molecule has 86 heavy (non-hydrogen) atoms. The van der Waals surface area contributed by atoms with Gasteiger partial charge in [0.25, 0.3) is 0 Å². The molecule has 0 unspecified atom stereocenters. The molecule has 0 aliphatic heterocycles. The Bertz CT molecular complexity index is 3730. The summed E-state index contributed by atoms with van der Waals surface area (Å²) in [6.45, 7) is 11.7. The van der Waals surface area contributed by atoms with Crippen molar-refractivity contribution in [2.45, 2.75) is 187 Å². The second-order valence-corrected chi connectivity index (χ2v) is 26.1. The third-order valence-electron chi connectivity index (χ3n) is 20.4. The number of hydrogen-bond acceptors (Lipinski definition) is 2. The lowest BCUT2D eigenvalue weighted by Gasteiger charge is -2.34. The lowest BCUT2D eigenvalue weighted by atomic mass is 9.70. The highest BCUT2D eigenvalue weighted by Crippen LogP contribution is 2.58. The summed E-state index contributed by atoms with van der Waals surface area (Å²) >= 11 is 0. The zero-order valence-electron chi connectivity index (χ0n) is 52.9. The summed E-state index contributed by atoms with van der Waals surface area (Å²) in [6, 6.07) is 76.1. The Labute approximate surface area is 517 Å². The molecule has 0 saturated heterocycles. The van der Waals surface area contributed by atoms with Crippen LogP contribution in [0.15, 0.2) is 194 Å². The third kappa shape index (κ3) is 11.8. The number of rotatable bonds is 28. The quantitative estimate of drug-likeness (QED) is 0.0451. The van der Waals surface area contributed by atoms with Gasteiger partial charge in [-0.25, -0.2) is 0 Å². The zero-order chi connectivity index (χ0) is 59.0. The van der Waals surface area contributed by atoms with Gasteiger partial charge < -0.3 is 9.80 Å². The Morgan fingerprint density at radius 1 is 0.302 bits per heavy atom. The van der Waals surface area contributed by atoms with Gasteiger partial charge in [-0.3, -0.25) is 0 Å². The number of para-hydroxylation sites is 1. The molecular weight excluding hydrogens is 1040 g/mol. The Balaban J connectivity index is 0.940. The number of unbranched alkanes of at least 4 members (excludes halogenated alkanes) is 12. The second-order valence-electron chi connectivity index (χ2n) is 26.1. The highest BCUT2D eigenvalue weighted by atomic mass is 15.1. The Morgan fingerprint density at radius 3 is 1.21 bits per heavy atom. The van der Waals surface area contributed by atoms with Crippen molar-refractivity contribution in [3.63, 3.8) is 0 Å². The van der Waals surface area contributed by atoms with Crippen LogP contribution in [0.4, 0.5) is 28.4 Å². The predicted molar refractivity (Wildman–Crippen MR) is 372 cm³/mol. The van der Waals surface area contributed by atoms with E-state index in [1.807, 2.05) is 0 Å². The van der Waals surface area contributed by atoms with E-state index in [2.05, 4.69) is 246 Å². The van der Waals surface area contributed by atoms with E-state index in [-0.39, 0.29) is 10.8 Å².